The lowest BCUT2D eigenvalue weighted by Crippen LogP contribution is -2.47. The third-order valence-corrected chi connectivity index (χ3v) is 4.43. The number of hydrogen-bond acceptors (Lipinski definition) is 7. The first-order valence-electron chi connectivity index (χ1n) is 8.85. The van der Waals surface area contributed by atoms with E-state index in [4.69, 9.17) is 0 Å². The SMILES string of the molecule is O=C(Nc1ccccc1F)c1cnc(N2CCN(c3ncccn3)CC2)cn1. The lowest BCUT2D eigenvalue weighted by Gasteiger charge is -2.35. The van der Waals surface area contributed by atoms with Gasteiger partial charge in [0.05, 0.1) is 18.1 Å². The van der Waals surface area contributed by atoms with Crippen molar-refractivity contribution in [1.29, 1.82) is 0 Å². The summed E-state index contributed by atoms with van der Waals surface area (Å²) in [6.07, 6.45) is 6.42. The number of carbonyl (C=O) groups is 1. The van der Waals surface area contributed by atoms with E-state index >= 15 is 0 Å². The summed E-state index contributed by atoms with van der Waals surface area (Å²) < 4.78 is 13.7. The van der Waals surface area contributed by atoms with Crippen LogP contribution in [0, 0.1) is 5.82 Å². The molecule has 0 atom stereocenters. The largest absolute Gasteiger partial charge is 0.352 e. The Balaban J connectivity index is 1.37. The van der Waals surface area contributed by atoms with Crippen LogP contribution in [-0.4, -0.2) is 52.0 Å². The van der Waals surface area contributed by atoms with E-state index in [-0.39, 0.29) is 11.4 Å². The molecule has 1 aliphatic heterocycles. The first-order chi connectivity index (χ1) is 13.7. The number of halogens is 1. The Morgan fingerprint density at radius 3 is 2.29 bits per heavy atom. The third-order valence-electron chi connectivity index (χ3n) is 4.43. The van der Waals surface area contributed by atoms with E-state index in [0.717, 1.165) is 26.2 Å². The Kier molecular flexibility index (Phi) is 5.05. The van der Waals surface area contributed by atoms with Crippen molar-refractivity contribution in [1.82, 2.24) is 19.9 Å². The smallest absolute Gasteiger partial charge is 0.275 e. The molecule has 0 unspecified atom stereocenters. The minimum absolute atomic E-state index is 0.109. The summed E-state index contributed by atoms with van der Waals surface area (Å²) in [5.74, 6) is 0.403. The third kappa shape index (κ3) is 3.88. The average Bonchev–Trinajstić information content (AvgIpc) is 2.76. The molecule has 0 saturated carbocycles. The van der Waals surface area contributed by atoms with Gasteiger partial charge in [0.1, 0.15) is 17.3 Å². The molecule has 9 heteroatoms. The fourth-order valence-electron chi connectivity index (χ4n) is 2.94. The molecule has 0 spiro atoms. The fourth-order valence-corrected chi connectivity index (χ4v) is 2.94. The normalized spacial score (nSPS) is 14.0. The van der Waals surface area contributed by atoms with Gasteiger partial charge in [-0.15, -0.1) is 0 Å². The van der Waals surface area contributed by atoms with E-state index in [2.05, 4.69) is 35.1 Å². The topological polar surface area (TPSA) is 87.1 Å². The number of anilines is 3. The molecule has 2 aromatic heterocycles. The number of hydrogen-bond donors (Lipinski definition) is 1. The average molecular weight is 379 g/mol. The van der Waals surface area contributed by atoms with Crippen molar-refractivity contribution in [2.24, 2.45) is 0 Å². The van der Waals surface area contributed by atoms with Crippen LogP contribution in [0.25, 0.3) is 0 Å². The van der Waals surface area contributed by atoms with Crippen LogP contribution in [0.1, 0.15) is 10.5 Å². The van der Waals surface area contributed by atoms with E-state index in [0.29, 0.717) is 11.8 Å². The van der Waals surface area contributed by atoms with E-state index in [1.165, 1.54) is 18.3 Å². The van der Waals surface area contributed by atoms with Crippen LogP contribution in [-0.2, 0) is 0 Å². The molecule has 142 valence electrons. The fraction of sp³-hybridized carbons (Fsp3) is 0.211. The standard InChI is InChI=1S/C19H18FN7O/c20-14-4-1-2-5-15(14)25-18(28)16-12-24-17(13-23-16)26-8-10-27(11-9-26)19-21-6-3-7-22-19/h1-7,12-13H,8-11H2,(H,25,28). The number of nitrogens with one attached hydrogen (secondary N) is 1. The zero-order valence-corrected chi connectivity index (χ0v) is 15.0. The van der Waals surface area contributed by atoms with Gasteiger partial charge >= 0.3 is 0 Å². The van der Waals surface area contributed by atoms with Gasteiger partial charge in [-0.25, -0.2) is 24.3 Å². The Bertz CT molecular complexity index is 944. The Morgan fingerprint density at radius 2 is 1.61 bits per heavy atom. The second-order valence-corrected chi connectivity index (χ2v) is 6.22. The number of amides is 1. The van der Waals surface area contributed by atoms with Gasteiger partial charge in [0, 0.05) is 38.6 Å². The molecule has 1 fully saturated rings. The highest BCUT2D eigenvalue weighted by atomic mass is 19.1. The molecule has 0 bridgehead atoms. The summed E-state index contributed by atoms with van der Waals surface area (Å²) >= 11 is 0. The number of nitrogens with zero attached hydrogens (tertiary/aromatic N) is 6. The van der Waals surface area contributed by atoms with Gasteiger partial charge in [-0.3, -0.25) is 4.79 Å². The number of piperazine rings is 1. The molecule has 8 nitrogen and oxygen atoms in total. The van der Waals surface area contributed by atoms with Crippen LogP contribution in [0.2, 0.25) is 0 Å². The van der Waals surface area contributed by atoms with Gasteiger partial charge in [-0.2, -0.15) is 0 Å². The maximum absolute atomic E-state index is 13.7. The molecule has 28 heavy (non-hydrogen) atoms. The summed E-state index contributed by atoms with van der Waals surface area (Å²) in [4.78, 5) is 33.5. The summed E-state index contributed by atoms with van der Waals surface area (Å²) in [5.41, 5.74) is 0.237. The zero-order chi connectivity index (χ0) is 19.3. The molecule has 0 aliphatic carbocycles. The van der Waals surface area contributed by atoms with Crippen molar-refractivity contribution in [2.45, 2.75) is 0 Å². The summed E-state index contributed by atoms with van der Waals surface area (Å²) in [6, 6.07) is 7.77. The molecule has 1 saturated heterocycles. The van der Waals surface area contributed by atoms with Crippen LogP contribution in [0.15, 0.2) is 55.1 Å². The van der Waals surface area contributed by atoms with E-state index < -0.39 is 11.7 Å². The Morgan fingerprint density at radius 1 is 0.893 bits per heavy atom. The van der Waals surface area contributed by atoms with Crippen molar-refractivity contribution in [3.05, 3.63) is 66.6 Å². The van der Waals surface area contributed by atoms with Crippen molar-refractivity contribution < 1.29 is 9.18 Å². The van der Waals surface area contributed by atoms with Crippen molar-refractivity contribution >= 4 is 23.4 Å². The highest BCUT2D eigenvalue weighted by molar-refractivity contribution is 6.02. The maximum atomic E-state index is 13.7. The predicted molar refractivity (Wildman–Crippen MR) is 103 cm³/mol. The molecule has 1 N–H and O–H groups in total. The quantitative estimate of drug-likeness (QED) is 0.742. The monoisotopic (exact) mass is 379 g/mol. The minimum atomic E-state index is -0.504. The van der Waals surface area contributed by atoms with Gasteiger partial charge in [-0.1, -0.05) is 12.1 Å². The number of aromatic nitrogens is 4. The van der Waals surface area contributed by atoms with E-state index in [1.54, 1.807) is 36.8 Å². The van der Waals surface area contributed by atoms with Crippen molar-refractivity contribution in [3.8, 4) is 0 Å². The zero-order valence-electron chi connectivity index (χ0n) is 15.0. The van der Waals surface area contributed by atoms with E-state index in [1.807, 2.05) is 0 Å². The van der Waals surface area contributed by atoms with Gasteiger partial charge in [0.15, 0.2) is 0 Å². The highest BCUT2D eigenvalue weighted by Crippen LogP contribution is 2.16. The summed E-state index contributed by atoms with van der Waals surface area (Å²) in [5, 5.41) is 2.50. The molecule has 4 rings (SSSR count). The van der Waals surface area contributed by atoms with Gasteiger partial charge in [0.2, 0.25) is 5.95 Å². The van der Waals surface area contributed by atoms with E-state index in [9.17, 15) is 9.18 Å². The lowest BCUT2D eigenvalue weighted by atomic mass is 10.3. The molecule has 3 aromatic rings. The number of para-hydroxylation sites is 1. The second-order valence-electron chi connectivity index (χ2n) is 6.22. The lowest BCUT2D eigenvalue weighted by molar-refractivity contribution is 0.102. The molecule has 1 amide bonds. The van der Waals surface area contributed by atoms with Crippen LogP contribution >= 0.6 is 0 Å². The number of benzene rings is 1. The number of rotatable bonds is 4. The van der Waals surface area contributed by atoms with Crippen LogP contribution < -0.4 is 15.1 Å². The van der Waals surface area contributed by atoms with Crippen LogP contribution in [0.5, 0.6) is 0 Å². The first-order valence-corrected chi connectivity index (χ1v) is 8.85. The molecule has 1 aromatic carbocycles. The summed E-state index contributed by atoms with van der Waals surface area (Å²) in [6.45, 7) is 3.02. The molecular weight excluding hydrogens is 361 g/mol. The molecule has 1 aliphatic rings. The molecule has 0 radical (unpaired) electrons. The van der Waals surface area contributed by atoms with Crippen LogP contribution in [0.4, 0.5) is 21.8 Å². The molecular formula is C19H18FN7O. The number of carbonyl (C=O) groups excluding carboxylic acids is 1. The Labute approximate surface area is 161 Å². The predicted octanol–water partition coefficient (Wildman–Crippen LogP) is 1.98. The highest BCUT2D eigenvalue weighted by Gasteiger charge is 2.20. The first kappa shape index (κ1) is 17.8. The Hall–Kier alpha value is -3.62. The minimum Gasteiger partial charge on any atom is -0.352 e. The second kappa shape index (κ2) is 7.95. The summed E-state index contributed by atoms with van der Waals surface area (Å²) in [7, 11) is 0. The molecule has 3 heterocycles. The van der Waals surface area contributed by atoms with Crippen molar-refractivity contribution in [2.75, 3.05) is 41.3 Å². The van der Waals surface area contributed by atoms with Gasteiger partial charge in [0.25, 0.3) is 5.91 Å². The van der Waals surface area contributed by atoms with Gasteiger partial charge < -0.3 is 15.1 Å². The maximum Gasteiger partial charge on any atom is 0.275 e. The van der Waals surface area contributed by atoms with Crippen molar-refractivity contribution in [3.63, 3.8) is 0 Å². The van der Waals surface area contributed by atoms with Gasteiger partial charge in [-0.05, 0) is 18.2 Å². The van der Waals surface area contributed by atoms with Crippen LogP contribution in [0.3, 0.4) is 0 Å².